The van der Waals surface area contributed by atoms with Gasteiger partial charge in [0.05, 0.1) is 10.7 Å². The van der Waals surface area contributed by atoms with Gasteiger partial charge < -0.3 is 0 Å². The number of hydrogen-bond acceptors (Lipinski definition) is 6. The molecule has 120 valence electrons. The van der Waals surface area contributed by atoms with Crippen LogP contribution in [0.1, 0.15) is 5.01 Å². The van der Waals surface area contributed by atoms with Gasteiger partial charge in [0.2, 0.25) is 10.0 Å². The molecule has 0 aliphatic heterocycles. The Hall–Kier alpha value is -1.88. The van der Waals surface area contributed by atoms with Crippen LogP contribution in [0.25, 0.3) is 17.1 Å². The van der Waals surface area contributed by atoms with Crippen LogP contribution < -0.4 is 10.0 Å². The number of halogens is 1. The molecule has 0 aliphatic rings. The Morgan fingerprint density at radius 3 is 2.57 bits per heavy atom. The van der Waals surface area contributed by atoms with E-state index in [4.69, 9.17) is 5.14 Å². The number of thiazole rings is 2. The summed E-state index contributed by atoms with van der Waals surface area (Å²) < 4.78 is 37.9. The molecule has 0 bridgehead atoms. The molecule has 0 amide bonds. The normalized spacial score (nSPS) is 11.8. The monoisotopic (exact) mass is 371 g/mol. The third-order valence-electron chi connectivity index (χ3n) is 3.07. The van der Waals surface area contributed by atoms with Gasteiger partial charge in [-0.15, -0.1) is 11.3 Å². The van der Waals surface area contributed by atoms with Crippen LogP contribution >= 0.6 is 22.7 Å². The van der Waals surface area contributed by atoms with Crippen molar-refractivity contribution >= 4 is 32.7 Å². The molecule has 10 heteroatoms. The summed E-state index contributed by atoms with van der Waals surface area (Å²) in [5.74, 6) is -0.519. The lowest BCUT2D eigenvalue weighted by Gasteiger charge is -2.07. The summed E-state index contributed by atoms with van der Waals surface area (Å²) in [6.07, 6.45) is 0. The molecular formula is C13H10FN3O3S3. The molecule has 0 fully saturated rings. The Morgan fingerprint density at radius 1 is 1.26 bits per heavy atom. The lowest BCUT2D eigenvalue weighted by atomic mass is 10.1. The van der Waals surface area contributed by atoms with Crippen LogP contribution in [0.2, 0.25) is 0 Å². The molecule has 0 saturated carbocycles. The van der Waals surface area contributed by atoms with Gasteiger partial charge in [0.25, 0.3) is 0 Å². The molecule has 2 N–H and O–H groups in total. The highest BCUT2D eigenvalue weighted by Gasteiger charge is 2.18. The Labute approximate surface area is 138 Å². The van der Waals surface area contributed by atoms with Crippen LogP contribution in [0.3, 0.4) is 0 Å². The zero-order chi connectivity index (χ0) is 16.8. The van der Waals surface area contributed by atoms with Gasteiger partial charge in [-0.2, -0.15) is 0 Å². The summed E-state index contributed by atoms with van der Waals surface area (Å²) in [7, 11) is -4.14. The van der Waals surface area contributed by atoms with E-state index in [9.17, 15) is 17.6 Å². The Bertz CT molecular complexity index is 1050. The Morgan fingerprint density at radius 2 is 2.00 bits per heavy atom. The van der Waals surface area contributed by atoms with E-state index in [2.05, 4.69) is 4.98 Å². The van der Waals surface area contributed by atoms with E-state index in [0.29, 0.717) is 17.1 Å². The van der Waals surface area contributed by atoms with Crippen molar-refractivity contribution in [3.63, 3.8) is 0 Å². The topological polar surface area (TPSA) is 95.1 Å². The van der Waals surface area contributed by atoms with Crippen LogP contribution in [0.5, 0.6) is 0 Å². The van der Waals surface area contributed by atoms with Crippen molar-refractivity contribution in [3.8, 4) is 17.1 Å². The average Bonchev–Trinajstić information content (AvgIpc) is 3.03. The minimum atomic E-state index is -4.14. The Balaban J connectivity index is 2.18. The minimum Gasteiger partial charge on any atom is -0.256 e. The van der Waals surface area contributed by atoms with E-state index in [1.165, 1.54) is 22.0 Å². The summed E-state index contributed by atoms with van der Waals surface area (Å²) in [6.45, 7) is 1.81. The van der Waals surface area contributed by atoms with Crippen molar-refractivity contribution in [1.29, 1.82) is 0 Å². The van der Waals surface area contributed by atoms with E-state index in [1.807, 2.05) is 6.92 Å². The van der Waals surface area contributed by atoms with Gasteiger partial charge in [-0.1, -0.05) is 17.4 Å². The lowest BCUT2D eigenvalue weighted by Crippen LogP contribution is -2.14. The summed E-state index contributed by atoms with van der Waals surface area (Å²) in [5.41, 5.74) is 0.795. The van der Waals surface area contributed by atoms with Gasteiger partial charge in [0.15, 0.2) is 5.82 Å². The fraction of sp³-hybridized carbons (Fsp3) is 0.0769. The number of aromatic nitrogens is 2. The van der Waals surface area contributed by atoms with E-state index in [0.717, 1.165) is 28.5 Å². The number of hydrogen-bond donors (Lipinski definition) is 1. The molecule has 3 aromatic rings. The fourth-order valence-electron chi connectivity index (χ4n) is 2.07. The molecule has 0 unspecified atom stereocenters. The van der Waals surface area contributed by atoms with Gasteiger partial charge in [-0.25, -0.2) is 22.9 Å². The molecule has 3 rings (SSSR count). The number of rotatable bonds is 3. The summed E-state index contributed by atoms with van der Waals surface area (Å²) in [4.78, 5) is 15.5. The van der Waals surface area contributed by atoms with Gasteiger partial charge in [0.1, 0.15) is 10.7 Å². The van der Waals surface area contributed by atoms with Crippen molar-refractivity contribution in [1.82, 2.24) is 9.55 Å². The number of primary sulfonamides is 1. The largest absolute Gasteiger partial charge is 0.313 e. The summed E-state index contributed by atoms with van der Waals surface area (Å²) >= 11 is 2.34. The van der Waals surface area contributed by atoms with Gasteiger partial charge in [-0.05, 0) is 19.1 Å². The molecular weight excluding hydrogens is 361 g/mol. The standard InChI is InChI=1S/C13H10FN3O3S3/c1-7-16-12(6-21-7)17-10(5-22-13(17)18)8-2-3-11(9(14)4-8)23(15,19)20/h2-6H,1H3,(H2,15,19,20). The van der Waals surface area contributed by atoms with Crippen molar-refractivity contribution in [3.05, 3.63) is 49.5 Å². The van der Waals surface area contributed by atoms with Crippen LogP contribution in [-0.4, -0.2) is 18.0 Å². The van der Waals surface area contributed by atoms with Gasteiger partial charge in [0, 0.05) is 16.3 Å². The van der Waals surface area contributed by atoms with E-state index < -0.39 is 20.7 Å². The zero-order valence-electron chi connectivity index (χ0n) is 11.7. The van der Waals surface area contributed by atoms with Crippen LogP contribution in [-0.2, 0) is 10.0 Å². The molecule has 0 aliphatic carbocycles. The lowest BCUT2D eigenvalue weighted by molar-refractivity contribution is 0.568. The second kappa shape index (κ2) is 5.64. The summed E-state index contributed by atoms with van der Waals surface area (Å²) in [5, 5.41) is 9.03. The maximum atomic E-state index is 14.0. The maximum absolute atomic E-state index is 14.0. The molecule has 0 spiro atoms. The van der Waals surface area contributed by atoms with Crippen molar-refractivity contribution in [2.45, 2.75) is 11.8 Å². The molecule has 0 atom stereocenters. The third kappa shape index (κ3) is 2.98. The first-order valence-corrected chi connectivity index (χ1v) is 9.53. The van der Waals surface area contributed by atoms with Crippen LogP contribution in [0.15, 0.2) is 38.6 Å². The van der Waals surface area contributed by atoms with E-state index >= 15 is 0 Å². The quantitative estimate of drug-likeness (QED) is 0.763. The first kappa shape index (κ1) is 16.0. The molecule has 0 radical (unpaired) electrons. The first-order chi connectivity index (χ1) is 10.8. The predicted molar refractivity (Wildman–Crippen MR) is 87.1 cm³/mol. The van der Waals surface area contributed by atoms with Gasteiger partial charge in [-0.3, -0.25) is 9.36 Å². The number of aryl methyl sites for hydroxylation is 1. The van der Waals surface area contributed by atoms with Crippen molar-refractivity contribution in [2.24, 2.45) is 5.14 Å². The fourth-order valence-corrected chi connectivity index (χ4v) is 3.99. The average molecular weight is 371 g/mol. The molecule has 6 nitrogen and oxygen atoms in total. The van der Waals surface area contributed by atoms with Crippen LogP contribution in [0, 0.1) is 12.7 Å². The van der Waals surface area contributed by atoms with Crippen molar-refractivity contribution in [2.75, 3.05) is 0 Å². The van der Waals surface area contributed by atoms with Gasteiger partial charge >= 0.3 is 4.87 Å². The predicted octanol–water partition coefficient (Wildman–Crippen LogP) is 2.12. The maximum Gasteiger partial charge on any atom is 0.313 e. The van der Waals surface area contributed by atoms with E-state index in [-0.39, 0.29) is 4.87 Å². The van der Waals surface area contributed by atoms with E-state index in [1.54, 1.807) is 10.8 Å². The molecule has 23 heavy (non-hydrogen) atoms. The highest BCUT2D eigenvalue weighted by Crippen LogP contribution is 2.26. The molecule has 2 aromatic heterocycles. The molecule has 1 aromatic carbocycles. The SMILES string of the molecule is Cc1nc(-n2c(-c3ccc(S(N)(=O)=O)c(F)c3)csc2=O)cs1. The number of nitrogens with two attached hydrogens (primary N) is 1. The minimum absolute atomic E-state index is 0.263. The Kier molecular flexibility index (Phi) is 3.92. The number of benzene rings is 1. The number of sulfonamides is 1. The second-order valence-electron chi connectivity index (χ2n) is 4.64. The highest BCUT2D eigenvalue weighted by atomic mass is 32.2. The third-order valence-corrected chi connectivity index (χ3v) is 5.50. The highest BCUT2D eigenvalue weighted by molar-refractivity contribution is 7.89. The molecule has 2 heterocycles. The van der Waals surface area contributed by atoms with Crippen LogP contribution in [0.4, 0.5) is 4.39 Å². The molecule has 0 saturated heterocycles. The zero-order valence-corrected chi connectivity index (χ0v) is 14.1. The smallest absolute Gasteiger partial charge is 0.256 e. The first-order valence-electron chi connectivity index (χ1n) is 6.23. The number of nitrogens with zero attached hydrogens (tertiary/aromatic N) is 2. The van der Waals surface area contributed by atoms with Crippen molar-refractivity contribution < 1.29 is 12.8 Å². The second-order valence-corrected chi connectivity index (χ2v) is 8.05. The summed E-state index contributed by atoms with van der Waals surface area (Å²) in [6, 6.07) is 3.52.